The molecule has 5 heteroatoms. The van der Waals surface area contributed by atoms with Gasteiger partial charge in [0.2, 0.25) is 0 Å². The summed E-state index contributed by atoms with van der Waals surface area (Å²) in [5, 5.41) is 12.2. The molecule has 1 atom stereocenters. The van der Waals surface area contributed by atoms with Crippen LogP contribution in [0.2, 0.25) is 0 Å². The van der Waals surface area contributed by atoms with Crippen LogP contribution in [0.3, 0.4) is 0 Å². The van der Waals surface area contributed by atoms with Crippen LogP contribution >= 0.6 is 0 Å². The first kappa shape index (κ1) is 12.7. The molecule has 0 bridgehead atoms. The van der Waals surface area contributed by atoms with Crippen LogP contribution in [0, 0.1) is 6.92 Å². The van der Waals surface area contributed by atoms with Gasteiger partial charge in [0.25, 0.3) is 0 Å². The van der Waals surface area contributed by atoms with Gasteiger partial charge in [-0.1, -0.05) is 6.92 Å². The van der Waals surface area contributed by atoms with Crippen LogP contribution in [0.1, 0.15) is 37.6 Å². The zero-order valence-electron chi connectivity index (χ0n) is 11.5. The highest BCUT2D eigenvalue weighted by Gasteiger charge is 2.06. The predicted molar refractivity (Wildman–Crippen MR) is 72.5 cm³/mol. The van der Waals surface area contributed by atoms with E-state index in [0.29, 0.717) is 6.04 Å². The Morgan fingerprint density at radius 2 is 2.17 bits per heavy atom. The SMILES string of the molecule is CC[C@@H](C)n1ccc(NCc2cn(C)nc2C)n1. The number of nitrogens with zero attached hydrogens (tertiary/aromatic N) is 4. The second-order valence-electron chi connectivity index (χ2n) is 4.71. The lowest BCUT2D eigenvalue weighted by molar-refractivity contribution is 0.479. The number of rotatable bonds is 5. The zero-order valence-corrected chi connectivity index (χ0v) is 11.5. The van der Waals surface area contributed by atoms with Gasteiger partial charge in [0.15, 0.2) is 0 Å². The average Bonchev–Trinajstić information content (AvgIpc) is 2.92. The maximum atomic E-state index is 4.51. The molecule has 0 unspecified atom stereocenters. The zero-order chi connectivity index (χ0) is 13.1. The molecule has 1 N–H and O–H groups in total. The monoisotopic (exact) mass is 247 g/mol. The van der Waals surface area contributed by atoms with E-state index in [-0.39, 0.29) is 0 Å². The molecule has 2 aromatic heterocycles. The minimum Gasteiger partial charge on any atom is -0.364 e. The Kier molecular flexibility index (Phi) is 3.69. The van der Waals surface area contributed by atoms with E-state index < -0.39 is 0 Å². The maximum Gasteiger partial charge on any atom is 0.148 e. The molecule has 0 saturated carbocycles. The highest BCUT2D eigenvalue weighted by atomic mass is 15.3. The van der Waals surface area contributed by atoms with Crippen molar-refractivity contribution >= 4 is 5.82 Å². The summed E-state index contributed by atoms with van der Waals surface area (Å²) in [6, 6.07) is 2.46. The van der Waals surface area contributed by atoms with E-state index in [1.165, 1.54) is 5.56 Å². The molecule has 0 amide bonds. The molecule has 0 aliphatic heterocycles. The van der Waals surface area contributed by atoms with Crippen LogP contribution in [0.5, 0.6) is 0 Å². The normalized spacial score (nSPS) is 12.7. The number of anilines is 1. The smallest absolute Gasteiger partial charge is 0.148 e. The Labute approximate surface area is 108 Å². The van der Waals surface area contributed by atoms with Gasteiger partial charge < -0.3 is 5.32 Å². The fourth-order valence-electron chi connectivity index (χ4n) is 1.87. The van der Waals surface area contributed by atoms with Crippen molar-refractivity contribution in [2.24, 2.45) is 7.05 Å². The Morgan fingerprint density at radius 3 is 2.78 bits per heavy atom. The standard InChI is InChI=1S/C13H21N5/c1-5-10(2)18-7-6-13(16-18)14-8-12-9-17(4)15-11(12)3/h6-7,9-10H,5,8H2,1-4H3,(H,14,16)/t10-/m1/s1. The number of hydrogen-bond acceptors (Lipinski definition) is 3. The highest BCUT2D eigenvalue weighted by molar-refractivity contribution is 5.34. The summed E-state index contributed by atoms with van der Waals surface area (Å²) in [4.78, 5) is 0. The van der Waals surface area contributed by atoms with E-state index in [0.717, 1.165) is 24.5 Å². The van der Waals surface area contributed by atoms with Crippen LogP contribution in [0.15, 0.2) is 18.5 Å². The lowest BCUT2D eigenvalue weighted by atomic mass is 10.2. The fourth-order valence-corrected chi connectivity index (χ4v) is 1.87. The number of aryl methyl sites for hydroxylation is 2. The third-order valence-electron chi connectivity index (χ3n) is 3.23. The summed E-state index contributed by atoms with van der Waals surface area (Å²) in [5.41, 5.74) is 2.27. The van der Waals surface area contributed by atoms with Gasteiger partial charge in [-0.15, -0.1) is 0 Å². The van der Waals surface area contributed by atoms with E-state index in [2.05, 4.69) is 29.4 Å². The molecular weight excluding hydrogens is 226 g/mol. The topological polar surface area (TPSA) is 47.7 Å². The van der Waals surface area contributed by atoms with Crippen molar-refractivity contribution in [3.8, 4) is 0 Å². The molecule has 18 heavy (non-hydrogen) atoms. The third kappa shape index (κ3) is 2.72. The minimum absolute atomic E-state index is 0.445. The highest BCUT2D eigenvalue weighted by Crippen LogP contribution is 2.13. The second-order valence-corrected chi connectivity index (χ2v) is 4.71. The largest absolute Gasteiger partial charge is 0.364 e. The fraction of sp³-hybridized carbons (Fsp3) is 0.538. The van der Waals surface area contributed by atoms with Gasteiger partial charge in [0.1, 0.15) is 5.82 Å². The summed E-state index contributed by atoms with van der Waals surface area (Å²) in [6.45, 7) is 7.12. The van der Waals surface area contributed by atoms with E-state index in [1.54, 1.807) is 0 Å². The predicted octanol–water partition coefficient (Wildman–Crippen LogP) is 2.51. The number of hydrogen-bond donors (Lipinski definition) is 1. The van der Waals surface area contributed by atoms with Crippen LogP contribution in [-0.2, 0) is 13.6 Å². The Morgan fingerprint density at radius 1 is 1.39 bits per heavy atom. The lowest BCUT2D eigenvalue weighted by Crippen LogP contribution is -2.06. The Balaban J connectivity index is 1.98. The molecular formula is C13H21N5. The molecule has 0 fully saturated rings. The molecule has 2 heterocycles. The third-order valence-corrected chi connectivity index (χ3v) is 3.23. The first-order valence-corrected chi connectivity index (χ1v) is 6.38. The maximum absolute atomic E-state index is 4.51. The molecule has 0 saturated heterocycles. The van der Waals surface area contributed by atoms with E-state index >= 15 is 0 Å². The van der Waals surface area contributed by atoms with Crippen LogP contribution in [0.25, 0.3) is 0 Å². The summed E-state index contributed by atoms with van der Waals surface area (Å²) in [6.07, 6.45) is 5.14. The van der Waals surface area contributed by atoms with Crippen molar-refractivity contribution in [3.05, 3.63) is 29.7 Å². The van der Waals surface area contributed by atoms with Gasteiger partial charge in [0, 0.05) is 43.7 Å². The molecule has 2 aromatic rings. The van der Waals surface area contributed by atoms with Crippen molar-refractivity contribution < 1.29 is 0 Å². The van der Waals surface area contributed by atoms with Crippen molar-refractivity contribution in [1.82, 2.24) is 19.6 Å². The Bertz CT molecular complexity index is 511. The molecule has 2 rings (SSSR count). The lowest BCUT2D eigenvalue weighted by Gasteiger charge is -2.08. The molecule has 0 radical (unpaired) electrons. The summed E-state index contributed by atoms with van der Waals surface area (Å²) in [7, 11) is 1.94. The second kappa shape index (κ2) is 5.25. The first-order valence-electron chi connectivity index (χ1n) is 6.38. The van der Waals surface area contributed by atoms with E-state index in [1.807, 2.05) is 41.8 Å². The molecule has 0 spiro atoms. The molecule has 5 nitrogen and oxygen atoms in total. The first-order chi connectivity index (χ1) is 8.60. The van der Waals surface area contributed by atoms with Gasteiger partial charge in [-0.05, 0) is 20.3 Å². The molecule has 0 aliphatic rings. The van der Waals surface area contributed by atoms with Gasteiger partial charge >= 0.3 is 0 Å². The quantitative estimate of drug-likeness (QED) is 0.883. The summed E-state index contributed by atoms with van der Waals surface area (Å²) < 4.78 is 3.84. The van der Waals surface area contributed by atoms with Crippen molar-refractivity contribution in [2.45, 2.75) is 39.8 Å². The molecule has 0 aromatic carbocycles. The molecule has 0 aliphatic carbocycles. The average molecular weight is 247 g/mol. The van der Waals surface area contributed by atoms with Crippen molar-refractivity contribution in [3.63, 3.8) is 0 Å². The number of aromatic nitrogens is 4. The van der Waals surface area contributed by atoms with Gasteiger partial charge in [0.05, 0.1) is 5.69 Å². The van der Waals surface area contributed by atoms with E-state index in [9.17, 15) is 0 Å². The van der Waals surface area contributed by atoms with Gasteiger partial charge in [-0.3, -0.25) is 9.36 Å². The van der Waals surface area contributed by atoms with Crippen LogP contribution in [-0.4, -0.2) is 19.6 Å². The van der Waals surface area contributed by atoms with Crippen molar-refractivity contribution in [2.75, 3.05) is 5.32 Å². The Hall–Kier alpha value is -1.78. The van der Waals surface area contributed by atoms with Gasteiger partial charge in [-0.2, -0.15) is 10.2 Å². The van der Waals surface area contributed by atoms with Gasteiger partial charge in [-0.25, -0.2) is 0 Å². The molecule has 98 valence electrons. The van der Waals surface area contributed by atoms with E-state index in [4.69, 9.17) is 0 Å². The van der Waals surface area contributed by atoms with Crippen molar-refractivity contribution in [1.29, 1.82) is 0 Å². The summed E-state index contributed by atoms with van der Waals surface area (Å²) in [5.74, 6) is 0.915. The van der Waals surface area contributed by atoms with Crippen LogP contribution < -0.4 is 5.32 Å². The minimum atomic E-state index is 0.445. The summed E-state index contributed by atoms with van der Waals surface area (Å²) >= 11 is 0. The number of nitrogens with one attached hydrogen (secondary N) is 1. The van der Waals surface area contributed by atoms with Crippen LogP contribution in [0.4, 0.5) is 5.82 Å².